The Morgan fingerprint density at radius 1 is 1.67 bits per heavy atom. The maximum Gasteiger partial charge on any atom is 0.181 e. The Bertz CT molecular complexity index is 280. The lowest BCUT2D eigenvalue weighted by atomic mass is 10.4. The van der Waals surface area contributed by atoms with Crippen LogP contribution in [0.25, 0.3) is 0 Å². The molecule has 66 valence electrons. The van der Waals surface area contributed by atoms with Gasteiger partial charge in [-0.2, -0.15) is 5.10 Å². The number of nitrogens with one attached hydrogen (secondary N) is 1. The van der Waals surface area contributed by atoms with E-state index in [9.17, 15) is 0 Å². The lowest BCUT2D eigenvalue weighted by molar-refractivity contribution is 0.321. The fraction of sp³-hybridized carbons (Fsp3) is 0.625. The first-order chi connectivity index (χ1) is 5.79. The van der Waals surface area contributed by atoms with Crippen LogP contribution in [0.5, 0.6) is 5.75 Å². The fourth-order valence-corrected chi connectivity index (χ4v) is 1.34. The third-order valence-electron chi connectivity index (χ3n) is 1.90. The molecule has 2 rings (SSSR count). The molecule has 0 aliphatic carbocycles. The van der Waals surface area contributed by atoms with Crippen LogP contribution >= 0.6 is 0 Å². The highest BCUT2D eigenvalue weighted by Gasteiger charge is 2.16. The number of anilines is 1. The van der Waals surface area contributed by atoms with E-state index in [0.29, 0.717) is 6.04 Å². The van der Waals surface area contributed by atoms with E-state index >= 15 is 0 Å². The van der Waals surface area contributed by atoms with Crippen molar-refractivity contribution in [3.63, 3.8) is 0 Å². The van der Waals surface area contributed by atoms with Crippen molar-refractivity contribution in [2.24, 2.45) is 0 Å². The Balaban J connectivity index is 2.38. The van der Waals surface area contributed by atoms with Gasteiger partial charge in [0.25, 0.3) is 0 Å². The summed E-state index contributed by atoms with van der Waals surface area (Å²) in [4.78, 5) is 0. The van der Waals surface area contributed by atoms with Crippen LogP contribution in [0.3, 0.4) is 0 Å². The van der Waals surface area contributed by atoms with Crippen LogP contribution in [0.4, 0.5) is 5.82 Å². The molecule has 0 atom stereocenters. The molecule has 0 amide bonds. The maximum absolute atomic E-state index is 5.41. The summed E-state index contributed by atoms with van der Waals surface area (Å²) < 4.78 is 7.35. The smallest absolute Gasteiger partial charge is 0.181 e. The molecule has 1 aliphatic rings. The molecule has 1 aromatic heterocycles. The zero-order valence-electron chi connectivity index (χ0n) is 7.37. The van der Waals surface area contributed by atoms with Crippen LogP contribution in [0.1, 0.15) is 19.9 Å². The van der Waals surface area contributed by atoms with E-state index in [1.54, 1.807) is 6.20 Å². The van der Waals surface area contributed by atoms with Crippen LogP contribution in [0.2, 0.25) is 0 Å². The number of ether oxygens (including phenoxy) is 1. The van der Waals surface area contributed by atoms with Gasteiger partial charge in [0.1, 0.15) is 6.61 Å². The van der Waals surface area contributed by atoms with Gasteiger partial charge < -0.3 is 10.1 Å². The molecular weight excluding hydrogens is 154 g/mol. The second-order valence-corrected chi connectivity index (χ2v) is 3.17. The minimum Gasteiger partial charge on any atom is -0.486 e. The molecule has 0 saturated carbocycles. The Hall–Kier alpha value is -1.19. The normalized spacial score (nSPS) is 15.2. The summed E-state index contributed by atoms with van der Waals surface area (Å²) in [5, 5.41) is 7.49. The van der Waals surface area contributed by atoms with Crippen molar-refractivity contribution in [2.45, 2.75) is 19.9 Å². The minimum atomic E-state index is 0.378. The van der Waals surface area contributed by atoms with Crippen LogP contribution < -0.4 is 10.1 Å². The number of fused-ring (bicyclic) bond motifs is 1. The third-order valence-corrected chi connectivity index (χ3v) is 1.90. The van der Waals surface area contributed by atoms with Gasteiger partial charge in [-0.3, -0.25) is 0 Å². The van der Waals surface area contributed by atoms with Gasteiger partial charge in [0.05, 0.1) is 12.7 Å². The first kappa shape index (κ1) is 7.46. The van der Waals surface area contributed by atoms with Gasteiger partial charge in [-0.15, -0.1) is 0 Å². The van der Waals surface area contributed by atoms with Crippen molar-refractivity contribution < 1.29 is 4.74 Å². The molecule has 0 aromatic carbocycles. The summed E-state index contributed by atoms with van der Waals surface area (Å²) in [6.07, 6.45) is 1.77. The highest BCUT2D eigenvalue weighted by atomic mass is 16.5. The van der Waals surface area contributed by atoms with Gasteiger partial charge in [-0.1, -0.05) is 0 Å². The third kappa shape index (κ3) is 1.03. The highest BCUT2D eigenvalue weighted by molar-refractivity contribution is 5.51. The van der Waals surface area contributed by atoms with E-state index in [1.165, 1.54) is 0 Å². The second kappa shape index (κ2) is 2.69. The van der Waals surface area contributed by atoms with Crippen molar-refractivity contribution in [3.8, 4) is 5.75 Å². The summed E-state index contributed by atoms with van der Waals surface area (Å²) in [6.45, 7) is 5.80. The van der Waals surface area contributed by atoms with Crippen LogP contribution in [0, 0.1) is 0 Å². The molecule has 12 heavy (non-hydrogen) atoms. The monoisotopic (exact) mass is 167 g/mol. The van der Waals surface area contributed by atoms with Crippen molar-refractivity contribution in [3.05, 3.63) is 6.20 Å². The van der Waals surface area contributed by atoms with Crippen LogP contribution in [-0.4, -0.2) is 22.9 Å². The minimum absolute atomic E-state index is 0.378. The zero-order chi connectivity index (χ0) is 8.55. The molecule has 1 N–H and O–H groups in total. The van der Waals surface area contributed by atoms with E-state index in [1.807, 2.05) is 4.68 Å². The van der Waals surface area contributed by atoms with Crippen molar-refractivity contribution in [1.29, 1.82) is 0 Å². The Morgan fingerprint density at radius 3 is 3.25 bits per heavy atom. The van der Waals surface area contributed by atoms with Crippen molar-refractivity contribution in [2.75, 3.05) is 18.5 Å². The average molecular weight is 167 g/mol. The fourth-order valence-electron chi connectivity index (χ4n) is 1.34. The summed E-state index contributed by atoms with van der Waals surface area (Å²) in [5.74, 6) is 1.88. The van der Waals surface area contributed by atoms with Crippen molar-refractivity contribution >= 4 is 5.82 Å². The molecule has 0 radical (unpaired) electrons. The van der Waals surface area contributed by atoms with Gasteiger partial charge in [0.2, 0.25) is 0 Å². The molecule has 4 heteroatoms. The standard InChI is InChI=1S/C8H13N3O/c1-6(2)11-8-7(5-10-11)12-4-3-9-8/h5-6,9H,3-4H2,1-2H3. The van der Waals surface area contributed by atoms with Gasteiger partial charge in [0.15, 0.2) is 11.6 Å². The molecule has 1 aromatic rings. The molecule has 0 spiro atoms. The molecule has 1 aliphatic heterocycles. The van der Waals surface area contributed by atoms with Gasteiger partial charge in [0, 0.05) is 6.04 Å². The molecule has 0 fully saturated rings. The molecule has 4 nitrogen and oxygen atoms in total. The summed E-state index contributed by atoms with van der Waals surface area (Å²) in [5.41, 5.74) is 0. The Labute approximate surface area is 71.5 Å². The predicted octanol–water partition coefficient (Wildman–Crippen LogP) is 1.27. The Morgan fingerprint density at radius 2 is 2.50 bits per heavy atom. The Kier molecular flexibility index (Phi) is 1.67. The van der Waals surface area contributed by atoms with Gasteiger partial charge in [-0.05, 0) is 13.8 Å². The second-order valence-electron chi connectivity index (χ2n) is 3.17. The lowest BCUT2D eigenvalue weighted by Crippen LogP contribution is -2.20. The van der Waals surface area contributed by atoms with E-state index in [0.717, 1.165) is 24.7 Å². The first-order valence-corrected chi connectivity index (χ1v) is 4.23. The quantitative estimate of drug-likeness (QED) is 0.684. The molecule has 0 unspecified atom stereocenters. The highest BCUT2D eigenvalue weighted by Crippen LogP contribution is 2.28. The van der Waals surface area contributed by atoms with E-state index in [-0.39, 0.29) is 0 Å². The maximum atomic E-state index is 5.41. The average Bonchev–Trinajstić information content (AvgIpc) is 2.47. The van der Waals surface area contributed by atoms with Gasteiger partial charge in [-0.25, -0.2) is 4.68 Å². The zero-order valence-corrected chi connectivity index (χ0v) is 7.37. The molecule has 2 heterocycles. The number of nitrogens with zero attached hydrogens (tertiary/aromatic N) is 2. The first-order valence-electron chi connectivity index (χ1n) is 4.23. The summed E-state index contributed by atoms with van der Waals surface area (Å²) in [7, 11) is 0. The summed E-state index contributed by atoms with van der Waals surface area (Å²) >= 11 is 0. The molecule has 0 bridgehead atoms. The number of hydrogen-bond acceptors (Lipinski definition) is 3. The largest absolute Gasteiger partial charge is 0.486 e. The van der Waals surface area contributed by atoms with E-state index < -0.39 is 0 Å². The topological polar surface area (TPSA) is 39.1 Å². The van der Waals surface area contributed by atoms with Crippen LogP contribution in [0.15, 0.2) is 6.20 Å². The van der Waals surface area contributed by atoms with Crippen molar-refractivity contribution in [1.82, 2.24) is 9.78 Å². The van der Waals surface area contributed by atoms with E-state index in [4.69, 9.17) is 4.74 Å². The predicted molar refractivity (Wildman–Crippen MR) is 46.6 cm³/mol. The van der Waals surface area contributed by atoms with Gasteiger partial charge >= 0.3 is 0 Å². The molecule has 0 saturated heterocycles. The number of hydrogen-bond donors (Lipinski definition) is 1. The SMILES string of the molecule is CC(C)n1ncc2c1NCCO2. The number of rotatable bonds is 1. The summed E-state index contributed by atoms with van der Waals surface area (Å²) in [6, 6.07) is 0.378. The lowest BCUT2D eigenvalue weighted by Gasteiger charge is -2.18. The number of aromatic nitrogens is 2. The van der Waals surface area contributed by atoms with E-state index in [2.05, 4.69) is 24.3 Å². The van der Waals surface area contributed by atoms with Crippen LogP contribution in [-0.2, 0) is 0 Å². The molecular formula is C8H13N3O.